The minimum atomic E-state index is -0.438. The van der Waals surface area contributed by atoms with Crippen LogP contribution in [0.3, 0.4) is 0 Å². The molecule has 144 valence electrons. The molecule has 1 amide bonds. The van der Waals surface area contributed by atoms with Crippen LogP contribution in [0.1, 0.15) is 32.4 Å². The monoisotopic (exact) mass is 388 g/mol. The van der Waals surface area contributed by atoms with Crippen LogP contribution in [-0.4, -0.2) is 23.2 Å². The number of nitrogens with one attached hydrogen (secondary N) is 1. The number of amides is 1. The molecule has 2 rings (SSSR count). The maximum atomic E-state index is 12.7. The maximum Gasteiger partial charge on any atom is 0.269 e. The highest BCUT2D eigenvalue weighted by molar-refractivity contribution is 8.00. The standard InChI is InChI=1S/C20H24N2O4S/c1-13(2)19(15-5-9-17(26-4)10-6-15)21-20(23)14(3)27-18-11-7-16(8-12-18)22(24)25/h5-14,19H,1-4H3,(H,21,23). The van der Waals surface area contributed by atoms with Crippen molar-refractivity contribution in [3.05, 3.63) is 64.2 Å². The summed E-state index contributed by atoms with van der Waals surface area (Å²) in [7, 11) is 1.62. The molecule has 0 aliphatic rings. The van der Waals surface area contributed by atoms with Crippen molar-refractivity contribution in [3.63, 3.8) is 0 Å². The largest absolute Gasteiger partial charge is 0.497 e. The maximum absolute atomic E-state index is 12.7. The fourth-order valence-corrected chi connectivity index (χ4v) is 3.50. The summed E-state index contributed by atoms with van der Waals surface area (Å²) in [4.78, 5) is 23.8. The van der Waals surface area contributed by atoms with Crippen LogP contribution in [0.4, 0.5) is 5.69 Å². The summed E-state index contributed by atoms with van der Waals surface area (Å²) in [5.74, 6) is 0.918. The highest BCUT2D eigenvalue weighted by Gasteiger charge is 2.22. The molecule has 0 fully saturated rings. The van der Waals surface area contributed by atoms with Crippen LogP contribution in [0.15, 0.2) is 53.4 Å². The molecule has 2 unspecified atom stereocenters. The molecule has 0 saturated heterocycles. The van der Waals surface area contributed by atoms with Crippen molar-refractivity contribution in [1.82, 2.24) is 5.32 Å². The number of nitro benzene ring substituents is 1. The van der Waals surface area contributed by atoms with Crippen molar-refractivity contribution < 1.29 is 14.5 Å². The van der Waals surface area contributed by atoms with E-state index in [0.29, 0.717) is 0 Å². The third kappa shape index (κ3) is 5.72. The van der Waals surface area contributed by atoms with Gasteiger partial charge in [0.1, 0.15) is 5.75 Å². The lowest BCUT2D eigenvalue weighted by Gasteiger charge is -2.25. The molecule has 0 saturated carbocycles. The highest BCUT2D eigenvalue weighted by Crippen LogP contribution is 2.28. The Morgan fingerprint density at radius 3 is 2.15 bits per heavy atom. The van der Waals surface area contributed by atoms with Gasteiger partial charge in [-0.2, -0.15) is 0 Å². The van der Waals surface area contributed by atoms with E-state index in [-0.39, 0.29) is 28.8 Å². The fourth-order valence-electron chi connectivity index (χ4n) is 2.62. The lowest BCUT2D eigenvalue weighted by Crippen LogP contribution is -2.36. The summed E-state index contributed by atoms with van der Waals surface area (Å²) < 4.78 is 5.19. The lowest BCUT2D eigenvalue weighted by molar-refractivity contribution is -0.384. The number of benzene rings is 2. The molecule has 27 heavy (non-hydrogen) atoms. The van der Waals surface area contributed by atoms with Crippen molar-refractivity contribution in [1.29, 1.82) is 0 Å². The number of thioether (sulfide) groups is 1. The van der Waals surface area contributed by atoms with Gasteiger partial charge in [0.25, 0.3) is 5.69 Å². The van der Waals surface area contributed by atoms with Crippen LogP contribution in [0.2, 0.25) is 0 Å². The second kappa shape index (κ2) is 9.41. The van der Waals surface area contributed by atoms with E-state index in [9.17, 15) is 14.9 Å². The van der Waals surface area contributed by atoms with Crippen molar-refractivity contribution in [2.24, 2.45) is 5.92 Å². The molecule has 6 nitrogen and oxygen atoms in total. The Morgan fingerprint density at radius 1 is 1.07 bits per heavy atom. The normalized spacial score (nSPS) is 13.1. The minimum Gasteiger partial charge on any atom is -0.497 e. The summed E-state index contributed by atoms with van der Waals surface area (Å²) in [6.45, 7) is 5.94. The van der Waals surface area contributed by atoms with E-state index in [0.717, 1.165) is 16.2 Å². The molecule has 0 aromatic heterocycles. The second-order valence-corrected chi connectivity index (χ2v) is 7.93. The SMILES string of the molecule is COc1ccc(C(NC(=O)C(C)Sc2ccc([N+](=O)[O-])cc2)C(C)C)cc1. The predicted octanol–water partition coefficient (Wildman–Crippen LogP) is 4.60. The Balaban J connectivity index is 2.04. The molecule has 2 aromatic carbocycles. The average molecular weight is 388 g/mol. The van der Waals surface area contributed by atoms with E-state index >= 15 is 0 Å². The van der Waals surface area contributed by atoms with Crippen LogP contribution in [0.5, 0.6) is 5.75 Å². The quantitative estimate of drug-likeness (QED) is 0.406. The molecule has 2 aromatic rings. The van der Waals surface area contributed by atoms with E-state index in [1.54, 1.807) is 19.2 Å². The van der Waals surface area contributed by atoms with Crippen molar-refractivity contribution in [3.8, 4) is 5.75 Å². The first-order valence-corrected chi connectivity index (χ1v) is 9.55. The first-order chi connectivity index (χ1) is 12.8. The molecule has 1 N–H and O–H groups in total. The Bertz CT molecular complexity index is 776. The summed E-state index contributed by atoms with van der Waals surface area (Å²) in [6.07, 6.45) is 0. The van der Waals surface area contributed by atoms with Crippen LogP contribution in [-0.2, 0) is 4.79 Å². The summed E-state index contributed by atoms with van der Waals surface area (Å²) in [6, 6.07) is 13.8. The minimum absolute atomic E-state index is 0.0378. The fraction of sp³-hybridized carbons (Fsp3) is 0.350. The third-order valence-electron chi connectivity index (χ3n) is 4.17. The lowest BCUT2D eigenvalue weighted by atomic mass is 9.96. The number of hydrogen-bond donors (Lipinski definition) is 1. The van der Waals surface area contributed by atoms with Crippen molar-refractivity contribution in [2.45, 2.75) is 37.0 Å². The van der Waals surface area contributed by atoms with Gasteiger partial charge >= 0.3 is 0 Å². The first-order valence-electron chi connectivity index (χ1n) is 8.67. The average Bonchev–Trinajstić information content (AvgIpc) is 2.66. The van der Waals surface area contributed by atoms with Gasteiger partial charge in [0, 0.05) is 17.0 Å². The van der Waals surface area contributed by atoms with Gasteiger partial charge in [-0.1, -0.05) is 26.0 Å². The Hall–Kier alpha value is -2.54. The molecule has 0 radical (unpaired) electrons. The Labute approximate surface area is 163 Å². The van der Waals surface area contributed by atoms with Gasteiger partial charge in [-0.25, -0.2) is 0 Å². The van der Waals surface area contributed by atoms with Crippen LogP contribution in [0.25, 0.3) is 0 Å². The van der Waals surface area contributed by atoms with Crippen LogP contribution >= 0.6 is 11.8 Å². The first kappa shape index (κ1) is 20.8. The van der Waals surface area contributed by atoms with Crippen molar-refractivity contribution in [2.75, 3.05) is 7.11 Å². The number of nitro groups is 1. The number of rotatable bonds is 8. The van der Waals surface area contributed by atoms with Gasteiger partial charge in [-0.15, -0.1) is 11.8 Å². The van der Waals surface area contributed by atoms with E-state index in [2.05, 4.69) is 19.2 Å². The highest BCUT2D eigenvalue weighted by atomic mass is 32.2. The number of methoxy groups -OCH3 is 1. The predicted molar refractivity (Wildman–Crippen MR) is 107 cm³/mol. The summed E-state index contributed by atoms with van der Waals surface area (Å²) in [5.41, 5.74) is 1.06. The number of hydrogen-bond acceptors (Lipinski definition) is 5. The van der Waals surface area contributed by atoms with E-state index in [4.69, 9.17) is 4.74 Å². The van der Waals surface area contributed by atoms with Gasteiger partial charge in [0.2, 0.25) is 5.91 Å². The molecule has 0 spiro atoms. The zero-order chi connectivity index (χ0) is 20.0. The van der Waals surface area contributed by atoms with Crippen LogP contribution in [0, 0.1) is 16.0 Å². The second-order valence-electron chi connectivity index (χ2n) is 6.51. The van der Waals surface area contributed by atoms with Gasteiger partial charge < -0.3 is 10.1 Å². The number of non-ortho nitro benzene ring substituents is 1. The number of carbonyl (C=O) groups excluding carboxylic acids is 1. The van der Waals surface area contributed by atoms with Gasteiger partial charge in [-0.3, -0.25) is 14.9 Å². The van der Waals surface area contributed by atoms with Gasteiger partial charge in [0.05, 0.1) is 23.3 Å². The van der Waals surface area contributed by atoms with Crippen LogP contribution < -0.4 is 10.1 Å². The molecule has 0 heterocycles. The summed E-state index contributed by atoms with van der Waals surface area (Å²) in [5, 5.41) is 13.5. The topological polar surface area (TPSA) is 81.5 Å². The third-order valence-corrected chi connectivity index (χ3v) is 5.28. The zero-order valence-corrected chi connectivity index (χ0v) is 16.7. The molecule has 0 bridgehead atoms. The zero-order valence-electron chi connectivity index (χ0n) is 15.8. The van der Waals surface area contributed by atoms with Crippen molar-refractivity contribution >= 4 is 23.4 Å². The molecule has 2 atom stereocenters. The van der Waals surface area contributed by atoms with Gasteiger partial charge in [-0.05, 0) is 42.7 Å². The molecule has 7 heteroatoms. The van der Waals surface area contributed by atoms with E-state index in [1.807, 2.05) is 31.2 Å². The molecular weight excluding hydrogens is 364 g/mol. The van der Waals surface area contributed by atoms with E-state index < -0.39 is 4.92 Å². The van der Waals surface area contributed by atoms with Gasteiger partial charge in [0.15, 0.2) is 0 Å². The molecular formula is C20H24N2O4S. The number of ether oxygens (including phenoxy) is 1. The van der Waals surface area contributed by atoms with E-state index in [1.165, 1.54) is 23.9 Å². The molecule has 0 aliphatic carbocycles. The number of nitrogens with zero attached hydrogens (tertiary/aromatic N) is 1. The Kier molecular flexibility index (Phi) is 7.24. The summed E-state index contributed by atoms with van der Waals surface area (Å²) >= 11 is 1.37. The number of carbonyl (C=O) groups is 1. The smallest absolute Gasteiger partial charge is 0.269 e. The Morgan fingerprint density at radius 2 is 1.67 bits per heavy atom. The molecule has 0 aliphatic heterocycles.